The Labute approximate surface area is 100 Å². The molecule has 0 unspecified atom stereocenters. The van der Waals surface area contributed by atoms with Gasteiger partial charge in [0, 0.05) is 24.2 Å². The van der Waals surface area contributed by atoms with Gasteiger partial charge in [0.2, 0.25) is 0 Å². The van der Waals surface area contributed by atoms with Gasteiger partial charge < -0.3 is 0 Å². The van der Waals surface area contributed by atoms with Crippen LogP contribution < -0.4 is 0 Å². The molecule has 0 amide bonds. The first-order chi connectivity index (χ1) is 8.25. The third-order valence-electron chi connectivity index (χ3n) is 4.25. The van der Waals surface area contributed by atoms with Gasteiger partial charge in [-0.15, -0.1) is 0 Å². The zero-order chi connectivity index (χ0) is 11.8. The number of hydrogen-bond donors (Lipinski definition) is 0. The maximum absolute atomic E-state index is 13.6. The molecular weight excluding hydrogens is 220 g/mol. The summed E-state index contributed by atoms with van der Waals surface area (Å²) in [6, 6.07) is 5.23. The average molecular weight is 237 g/mol. The van der Waals surface area contributed by atoms with E-state index in [0.717, 1.165) is 0 Å². The van der Waals surface area contributed by atoms with Crippen LogP contribution in [0.4, 0.5) is 8.78 Å². The minimum Gasteiger partial charge on any atom is -0.293 e. The maximum atomic E-state index is 13.6. The SMILES string of the molecule is Fc1cccc(F)c1CN1[C@@H]2CCC[C@H]1CC2. The van der Waals surface area contributed by atoms with Crippen LogP contribution in [0.25, 0.3) is 0 Å². The molecule has 0 aliphatic carbocycles. The Kier molecular flexibility index (Phi) is 2.87. The summed E-state index contributed by atoms with van der Waals surface area (Å²) in [4.78, 5) is 2.31. The molecule has 3 heteroatoms. The summed E-state index contributed by atoms with van der Waals surface area (Å²) in [5.41, 5.74) is 0.242. The van der Waals surface area contributed by atoms with Crippen LogP contribution in [0, 0.1) is 11.6 Å². The van der Waals surface area contributed by atoms with Crippen LogP contribution in [0.15, 0.2) is 18.2 Å². The fourth-order valence-electron chi connectivity index (χ4n) is 3.35. The predicted octanol–water partition coefficient (Wildman–Crippen LogP) is 3.48. The first kappa shape index (κ1) is 11.1. The van der Waals surface area contributed by atoms with E-state index in [1.165, 1.54) is 50.3 Å². The average Bonchev–Trinajstić information content (AvgIpc) is 2.55. The molecule has 3 rings (SSSR count). The zero-order valence-electron chi connectivity index (χ0n) is 9.83. The molecule has 2 aliphatic rings. The monoisotopic (exact) mass is 237 g/mol. The lowest BCUT2D eigenvalue weighted by molar-refractivity contribution is 0.129. The van der Waals surface area contributed by atoms with Gasteiger partial charge in [-0.2, -0.15) is 0 Å². The third-order valence-corrected chi connectivity index (χ3v) is 4.25. The normalized spacial score (nSPS) is 28.6. The molecule has 17 heavy (non-hydrogen) atoms. The van der Waals surface area contributed by atoms with Crippen molar-refractivity contribution in [3.8, 4) is 0 Å². The molecule has 2 aliphatic heterocycles. The Morgan fingerprint density at radius 2 is 1.59 bits per heavy atom. The zero-order valence-corrected chi connectivity index (χ0v) is 9.83. The molecule has 2 atom stereocenters. The van der Waals surface area contributed by atoms with Crippen molar-refractivity contribution in [3.05, 3.63) is 35.4 Å². The topological polar surface area (TPSA) is 3.24 Å². The van der Waals surface area contributed by atoms with E-state index >= 15 is 0 Å². The highest BCUT2D eigenvalue weighted by Gasteiger charge is 2.36. The second-order valence-corrected chi connectivity index (χ2v) is 5.19. The lowest BCUT2D eigenvalue weighted by Crippen LogP contribution is -2.39. The second-order valence-electron chi connectivity index (χ2n) is 5.19. The van der Waals surface area contributed by atoms with Crippen LogP contribution in [-0.4, -0.2) is 17.0 Å². The van der Waals surface area contributed by atoms with E-state index < -0.39 is 11.6 Å². The molecule has 0 spiro atoms. The van der Waals surface area contributed by atoms with E-state index in [9.17, 15) is 8.78 Å². The maximum Gasteiger partial charge on any atom is 0.130 e. The minimum atomic E-state index is -0.407. The Balaban J connectivity index is 1.83. The molecule has 0 N–H and O–H groups in total. The van der Waals surface area contributed by atoms with Gasteiger partial charge in [0.1, 0.15) is 11.6 Å². The van der Waals surface area contributed by atoms with Gasteiger partial charge >= 0.3 is 0 Å². The van der Waals surface area contributed by atoms with Gasteiger partial charge in [0.15, 0.2) is 0 Å². The molecule has 2 fully saturated rings. The van der Waals surface area contributed by atoms with Crippen molar-refractivity contribution >= 4 is 0 Å². The summed E-state index contributed by atoms with van der Waals surface area (Å²) >= 11 is 0. The van der Waals surface area contributed by atoms with Crippen molar-refractivity contribution in [2.75, 3.05) is 0 Å². The fraction of sp³-hybridized carbons (Fsp3) is 0.571. The van der Waals surface area contributed by atoms with E-state index in [1.54, 1.807) is 0 Å². The smallest absolute Gasteiger partial charge is 0.130 e. The van der Waals surface area contributed by atoms with Crippen molar-refractivity contribution in [1.82, 2.24) is 4.90 Å². The van der Waals surface area contributed by atoms with Gasteiger partial charge in [-0.05, 0) is 37.8 Å². The minimum absolute atomic E-state index is 0.242. The van der Waals surface area contributed by atoms with Gasteiger partial charge in [-0.25, -0.2) is 8.78 Å². The first-order valence-corrected chi connectivity index (χ1v) is 6.44. The van der Waals surface area contributed by atoms with Crippen molar-refractivity contribution < 1.29 is 8.78 Å². The summed E-state index contributed by atoms with van der Waals surface area (Å²) < 4.78 is 27.2. The highest BCUT2D eigenvalue weighted by Crippen LogP contribution is 2.36. The highest BCUT2D eigenvalue weighted by molar-refractivity contribution is 5.20. The number of hydrogen-bond acceptors (Lipinski definition) is 1. The third kappa shape index (κ3) is 1.97. The Hall–Kier alpha value is -0.960. The molecule has 92 valence electrons. The number of fused-ring (bicyclic) bond motifs is 2. The fourth-order valence-corrected chi connectivity index (χ4v) is 3.35. The predicted molar refractivity (Wildman–Crippen MR) is 62.6 cm³/mol. The van der Waals surface area contributed by atoms with Crippen LogP contribution in [0.5, 0.6) is 0 Å². The Bertz CT molecular complexity index is 382. The molecule has 1 nitrogen and oxygen atoms in total. The number of nitrogens with zero attached hydrogens (tertiary/aromatic N) is 1. The molecule has 2 heterocycles. The van der Waals surface area contributed by atoms with Crippen LogP contribution in [0.3, 0.4) is 0 Å². The summed E-state index contributed by atoms with van der Waals surface area (Å²) in [7, 11) is 0. The number of rotatable bonds is 2. The van der Waals surface area contributed by atoms with Gasteiger partial charge in [-0.3, -0.25) is 4.90 Å². The standard InChI is InChI=1S/C14H17F2N/c15-13-5-2-6-14(16)12(13)9-17-10-3-1-4-11(17)8-7-10/h2,5-6,10-11H,1,3-4,7-9H2/t10-,11+. The number of benzene rings is 1. The summed E-state index contributed by atoms with van der Waals surface area (Å²) in [6.07, 6.45) is 6.03. The summed E-state index contributed by atoms with van der Waals surface area (Å²) in [5.74, 6) is -0.815. The quantitative estimate of drug-likeness (QED) is 0.761. The van der Waals surface area contributed by atoms with Crippen LogP contribution in [0.2, 0.25) is 0 Å². The van der Waals surface area contributed by atoms with Gasteiger partial charge in [-0.1, -0.05) is 12.5 Å². The lowest BCUT2D eigenvalue weighted by atomic mass is 10.0. The Morgan fingerprint density at radius 1 is 1.00 bits per heavy atom. The van der Waals surface area contributed by atoms with Crippen molar-refractivity contribution in [2.24, 2.45) is 0 Å². The molecule has 0 saturated carbocycles. The number of piperidine rings is 1. The molecule has 1 aromatic rings. The number of halogens is 2. The van der Waals surface area contributed by atoms with E-state index in [0.29, 0.717) is 18.6 Å². The summed E-state index contributed by atoms with van der Waals surface area (Å²) in [5, 5.41) is 0. The molecule has 0 aromatic heterocycles. The van der Waals surface area contributed by atoms with Crippen molar-refractivity contribution in [1.29, 1.82) is 0 Å². The van der Waals surface area contributed by atoms with Crippen LogP contribution >= 0.6 is 0 Å². The largest absolute Gasteiger partial charge is 0.293 e. The van der Waals surface area contributed by atoms with Gasteiger partial charge in [0.05, 0.1) is 0 Å². The molecule has 2 bridgehead atoms. The lowest BCUT2D eigenvalue weighted by Gasteiger charge is -2.34. The molecular formula is C14H17F2N. The van der Waals surface area contributed by atoms with E-state index in [-0.39, 0.29) is 5.56 Å². The first-order valence-electron chi connectivity index (χ1n) is 6.44. The molecule has 0 radical (unpaired) electrons. The molecule has 2 saturated heterocycles. The van der Waals surface area contributed by atoms with Crippen LogP contribution in [0.1, 0.15) is 37.7 Å². The highest BCUT2D eigenvalue weighted by atomic mass is 19.1. The molecule has 1 aromatic carbocycles. The second kappa shape index (κ2) is 4.37. The summed E-state index contributed by atoms with van der Waals surface area (Å²) in [6.45, 7) is 0.438. The Morgan fingerprint density at radius 3 is 2.18 bits per heavy atom. The van der Waals surface area contributed by atoms with Crippen LogP contribution in [-0.2, 0) is 6.54 Å². The van der Waals surface area contributed by atoms with E-state index in [1.807, 2.05) is 0 Å². The van der Waals surface area contributed by atoms with Crippen molar-refractivity contribution in [2.45, 2.75) is 50.7 Å². The van der Waals surface area contributed by atoms with Gasteiger partial charge in [0.25, 0.3) is 0 Å². The van der Waals surface area contributed by atoms with E-state index in [2.05, 4.69) is 4.90 Å². The van der Waals surface area contributed by atoms with E-state index in [4.69, 9.17) is 0 Å². The van der Waals surface area contributed by atoms with Crippen molar-refractivity contribution in [3.63, 3.8) is 0 Å².